The number of fused-ring (bicyclic) bond motifs is 1. The predicted octanol–water partition coefficient (Wildman–Crippen LogP) is 5.50. The highest BCUT2D eigenvalue weighted by atomic mass is 16.5. The van der Waals surface area contributed by atoms with E-state index in [0.29, 0.717) is 24.5 Å². The molecule has 0 amide bonds. The maximum Gasteiger partial charge on any atom is 0.338 e. The fraction of sp³-hybridized carbons (Fsp3) is 0.320. The van der Waals surface area contributed by atoms with Crippen LogP contribution in [0.15, 0.2) is 66.7 Å². The van der Waals surface area contributed by atoms with Gasteiger partial charge in [0.2, 0.25) is 0 Å². The van der Waals surface area contributed by atoms with Gasteiger partial charge in [-0.25, -0.2) is 4.79 Å². The number of aliphatic hydroxyl groups excluding tert-OH is 1. The summed E-state index contributed by atoms with van der Waals surface area (Å²) in [4.78, 5) is 11.7. The maximum atomic E-state index is 11.7. The molecular weight excluding hydrogens is 348 g/mol. The van der Waals surface area contributed by atoms with E-state index in [1.807, 2.05) is 12.1 Å². The molecule has 0 heterocycles. The Kier molecular flexibility index (Phi) is 6.83. The third-order valence-electron chi connectivity index (χ3n) is 5.22. The van der Waals surface area contributed by atoms with Crippen LogP contribution < -0.4 is 0 Å². The van der Waals surface area contributed by atoms with E-state index < -0.39 is 6.10 Å². The molecule has 2 atom stereocenters. The van der Waals surface area contributed by atoms with Crippen LogP contribution in [0.1, 0.15) is 54.1 Å². The highest BCUT2D eigenvalue weighted by Crippen LogP contribution is 2.29. The third-order valence-corrected chi connectivity index (χ3v) is 5.22. The highest BCUT2D eigenvalue weighted by molar-refractivity contribution is 5.89. The quantitative estimate of drug-likeness (QED) is 0.528. The topological polar surface area (TPSA) is 46.5 Å². The number of benzene rings is 3. The van der Waals surface area contributed by atoms with Crippen molar-refractivity contribution in [1.82, 2.24) is 0 Å². The number of ether oxygens (including phenoxy) is 1. The molecule has 0 aromatic heterocycles. The van der Waals surface area contributed by atoms with Crippen molar-refractivity contribution in [3.63, 3.8) is 0 Å². The van der Waals surface area contributed by atoms with Crippen molar-refractivity contribution in [2.75, 3.05) is 6.61 Å². The van der Waals surface area contributed by atoms with Crippen LogP contribution in [-0.2, 0) is 11.2 Å². The average molecular weight is 376 g/mol. The summed E-state index contributed by atoms with van der Waals surface area (Å²) in [6, 6.07) is 22.2. The monoisotopic (exact) mass is 376 g/mol. The number of esters is 1. The Labute approximate surface area is 167 Å². The van der Waals surface area contributed by atoms with Crippen molar-refractivity contribution in [2.45, 2.75) is 45.1 Å². The smallest absolute Gasteiger partial charge is 0.338 e. The van der Waals surface area contributed by atoms with Crippen molar-refractivity contribution < 1.29 is 14.6 Å². The zero-order chi connectivity index (χ0) is 19.9. The standard InChI is InChI=1S/C25H28O3/c1-3-28-25(27)21-14-12-19(13-15-21)17-22(26)16-11-18(2)23-10-6-8-20-7-4-5-9-24(20)23/h4-10,12-15,18,22,26H,3,11,16-17H2,1-2H3/t18-,22?/m0/s1. The van der Waals surface area contributed by atoms with Gasteiger partial charge in [0.15, 0.2) is 0 Å². The molecule has 0 fully saturated rings. The minimum atomic E-state index is -0.397. The number of rotatable bonds is 8. The van der Waals surface area contributed by atoms with E-state index in [0.717, 1.165) is 18.4 Å². The van der Waals surface area contributed by atoms with Crippen molar-refractivity contribution in [3.05, 3.63) is 83.4 Å². The molecule has 3 aromatic carbocycles. The summed E-state index contributed by atoms with van der Waals surface area (Å²) in [7, 11) is 0. The van der Waals surface area contributed by atoms with Crippen LogP contribution in [0.4, 0.5) is 0 Å². The Bertz CT molecular complexity index is 909. The van der Waals surface area contributed by atoms with Crippen LogP contribution in [0, 0.1) is 0 Å². The molecular formula is C25H28O3. The van der Waals surface area contributed by atoms with Gasteiger partial charge in [0.05, 0.1) is 18.3 Å². The van der Waals surface area contributed by atoms with E-state index in [1.165, 1.54) is 16.3 Å². The molecule has 3 heteroatoms. The molecule has 3 rings (SSSR count). The van der Waals surface area contributed by atoms with E-state index in [1.54, 1.807) is 19.1 Å². The lowest BCUT2D eigenvalue weighted by Crippen LogP contribution is -2.12. The summed E-state index contributed by atoms with van der Waals surface area (Å²) in [5, 5.41) is 13.0. The van der Waals surface area contributed by atoms with Gasteiger partial charge in [-0.3, -0.25) is 0 Å². The number of aliphatic hydroxyl groups is 1. The largest absolute Gasteiger partial charge is 0.462 e. The second kappa shape index (κ2) is 9.52. The van der Waals surface area contributed by atoms with Crippen LogP contribution in [-0.4, -0.2) is 23.8 Å². The van der Waals surface area contributed by atoms with Gasteiger partial charge < -0.3 is 9.84 Å². The molecule has 0 saturated carbocycles. The van der Waals surface area contributed by atoms with Gasteiger partial charge in [-0.2, -0.15) is 0 Å². The minimum absolute atomic E-state index is 0.307. The van der Waals surface area contributed by atoms with Gasteiger partial charge in [-0.05, 0) is 66.1 Å². The Morgan fingerprint density at radius 2 is 1.68 bits per heavy atom. The molecule has 3 nitrogen and oxygen atoms in total. The molecule has 0 spiro atoms. The molecule has 0 aliphatic heterocycles. The van der Waals surface area contributed by atoms with E-state index in [9.17, 15) is 9.90 Å². The SMILES string of the molecule is CCOC(=O)c1ccc(CC(O)CC[C@H](C)c2cccc3ccccc23)cc1. The number of hydrogen-bond donors (Lipinski definition) is 1. The lowest BCUT2D eigenvalue weighted by Gasteiger charge is -2.17. The first-order valence-corrected chi connectivity index (χ1v) is 10.00. The third kappa shape index (κ3) is 4.99. The zero-order valence-electron chi connectivity index (χ0n) is 16.6. The number of carbonyl (C=O) groups is 1. The Morgan fingerprint density at radius 3 is 2.43 bits per heavy atom. The van der Waals surface area contributed by atoms with E-state index in [2.05, 4.69) is 49.4 Å². The summed E-state index contributed by atoms with van der Waals surface area (Å²) in [5.74, 6) is 0.0745. The van der Waals surface area contributed by atoms with Crippen molar-refractivity contribution in [1.29, 1.82) is 0 Å². The molecule has 0 saturated heterocycles. The Balaban J connectivity index is 1.56. The van der Waals surface area contributed by atoms with Crippen LogP contribution >= 0.6 is 0 Å². The molecule has 1 N–H and O–H groups in total. The summed E-state index contributed by atoms with van der Waals surface area (Å²) < 4.78 is 5.00. The second-order valence-corrected chi connectivity index (χ2v) is 7.32. The Hall–Kier alpha value is -2.65. The zero-order valence-corrected chi connectivity index (χ0v) is 16.6. The minimum Gasteiger partial charge on any atom is -0.462 e. The van der Waals surface area contributed by atoms with Gasteiger partial charge in [-0.1, -0.05) is 61.5 Å². The highest BCUT2D eigenvalue weighted by Gasteiger charge is 2.13. The lowest BCUT2D eigenvalue weighted by atomic mass is 9.90. The molecule has 0 bridgehead atoms. The summed E-state index contributed by atoms with van der Waals surface area (Å²) >= 11 is 0. The van der Waals surface area contributed by atoms with Gasteiger partial charge in [-0.15, -0.1) is 0 Å². The first-order chi connectivity index (χ1) is 13.6. The van der Waals surface area contributed by atoms with Gasteiger partial charge in [0.1, 0.15) is 0 Å². The van der Waals surface area contributed by atoms with Gasteiger partial charge >= 0.3 is 5.97 Å². The lowest BCUT2D eigenvalue weighted by molar-refractivity contribution is 0.0526. The predicted molar refractivity (Wildman–Crippen MR) is 114 cm³/mol. The van der Waals surface area contributed by atoms with Crippen molar-refractivity contribution in [3.8, 4) is 0 Å². The molecule has 0 aliphatic carbocycles. The number of hydrogen-bond acceptors (Lipinski definition) is 3. The fourth-order valence-corrected chi connectivity index (χ4v) is 3.64. The summed E-state index contributed by atoms with van der Waals surface area (Å²) in [5.41, 5.74) is 2.91. The molecule has 28 heavy (non-hydrogen) atoms. The van der Waals surface area contributed by atoms with Crippen molar-refractivity contribution >= 4 is 16.7 Å². The Morgan fingerprint density at radius 1 is 0.964 bits per heavy atom. The van der Waals surface area contributed by atoms with Crippen molar-refractivity contribution in [2.24, 2.45) is 0 Å². The maximum absolute atomic E-state index is 11.7. The van der Waals surface area contributed by atoms with E-state index in [-0.39, 0.29) is 5.97 Å². The summed E-state index contributed by atoms with van der Waals surface area (Å²) in [6.45, 7) is 4.39. The van der Waals surface area contributed by atoms with Crippen LogP contribution in [0.2, 0.25) is 0 Å². The molecule has 3 aromatic rings. The van der Waals surface area contributed by atoms with Crippen LogP contribution in [0.25, 0.3) is 10.8 Å². The first kappa shape index (κ1) is 20.1. The average Bonchev–Trinajstić information content (AvgIpc) is 2.72. The molecule has 0 radical (unpaired) electrons. The van der Waals surface area contributed by atoms with Crippen LogP contribution in [0.3, 0.4) is 0 Å². The second-order valence-electron chi connectivity index (χ2n) is 7.32. The fourth-order valence-electron chi connectivity index (χ4n) is 3.64. The van der Waals surface area contributed by atoms with E-state index >= 15 is 0 Å². The first-order valence-electron chi connectivity index (χ1n) is 10.00. The summed E-state index contributed by atoms with van der Waals surface area (Å²) in [6.07, 6.45) is 1.86. The van der Waals surface area contributed by atoms with Crippen LogP contribution in [0.5, 0.6) is 0 Å². The normalized spacial score (nSPS) is 13.2. The number of carbonyl (C=O) groups excluding carboxylic acids is 1. The van der Waals surface area contributed by atoms with E-state index in [4.69, 9.17) is 4.74 Å². The molecule has 0 aliphatic rings. The molecule has 146 valence electrons. The van der Waals surface area contributed by atoms with Gasteiger partial charge in [0.25, 0.3) is 0 Å². The molecule has 1 unspecified atom stereocenters. The van der Waals surface area contributed by atoms with Gasteiger partial charge in [0, 0.05) is 0 Å².